The summed E-state index contributed by atoms with van der Waals surface area (Å²) in [6.07, 6.45) is 10.1. The molecule has 0 fully saturated rings. The molecule has 1 N–H and O–H groups in total. The SMILES string of the molecule is CCCCCCCCOc1ncnc(NC)c1CC. The van der Waals surface area contributed by atoms with Crippen LogP contribution < -0.4 is 10.1 Å². The number of unbranched alkanes of at least 4 members (excludes halogenated alkanes) is 5. The molecule has 0 saturated carbocycles. The molecule has 4 nitrogen and oxygen atoms in total. The third kappa shape index (κ3) is 5.45. The normalized spacial score (nSPS) is 10.5. The average molecular weight is 265 g/mol. The van der Waals surface area contributed by atoms with Crippen LogP contribution in [0, 0.1) is 0 Å². The predicted octanol–water partition coefficient (Wildman–Crippen LogP) is 3.82. The Bertz CT molecular complexity index is 355. The molecule has 0 aliphatic heterocycles. The zero-order chi connectivity index (χ0) is 13.9. The second-order valence-electron chi connectivity index (χ2n) is 4.73. The molecule has 108 valence electrons. The highest BCUT2D eigenvalue weighted by atomic mass is 16.5. The van der Waals surface area contributed by atoms with E-state index in [4.69, 9.17) is 4.74 Å². The molecule has 0 unspecified atom stereocenters. The van der Waals surface area contributed by atoms with Gasteiger partial charge in [-0.25, -0.2) is 9.97 Å². The van der Waals surface area contributed by atoms with Gasteiger partial charge in [-0.05, 0) is 12.8 Å². The Morgan fingerprint density at radius 1 is 1.05 bits per heavy atom. The number of aromatic nitrogens is 2. The summed E-state index contributed by atoms with van der Waals surface area (Å²) in [6.45, 7) is 5.08. The lowest BCUT2D eigenvalue weighted by molar-refractivity contribution is 0.290. The molecule has 0 aliphatic carbocycles. The van der Waals surface area contributed by atoms with Gasteiger partial charge in [-0.1, -0.05) is 46.0 Å². The summed E-state index contributed by atoms with van der Waals surface area (Å²) in [5.74, 6) is 1.60. The predicted molar refractivity (Wildman–Crippen MR) is 79.8 cm³/mol. The van der Waals surface area contributed by atoms with Crippen molar-refractivity contribution in [2.75, 3.05) is 19.0 Å². The highest BCUT2D eigenvalue weighted by Gasteiger charge is 2.09. The summed E-state index contributed by atoms with van der Waals surface area (Å²) in [5.41, 5.74) is 1.07. The molecule has 1 rings (SSSR count). The quantitative estimate of drug-likeness (QED) is 0.653. The van der Waals surface area contributed by atoms with Crippen LogP contribution in [0.25, 0.3) is 0 Å². The minimum atomic E-state index is 0.732. The average Bonchev–Trinajstić information content (AvgIpc) is 2.45. The highest BCUT2D eigenvalue weighted by Crippen LogP contribution is 2.22. The van der Waals surface area contributed by atoms with Gasteiger partial charge in [0.15, 0.2) is 0 Å². The van der Waals surface area contributed by atoms with Crippen LogP contribution in [-0.4, -0.2) is 23.6 Å². The number of rotatable bonds is 10. The van der Waals surface area contributed by atoms with E-state index in [0.717, 1.165) is 36.7 Å². The number of anilines is 1. The first-order valence-electron chi connectivity index (χ1n) is 7.47. The standard InChI is InChI=1S/C15H27N3O/c1-4-6-7-8-9-10-11-19-15-13(5-2)14(16-3)17-12-18-15/h12H,4-11H2,1-3H3,(H,16,17,18). The van der Waals surface area contributed by atoms with Crippen molar-refractivity contribution in [3.63, 3.8) is 0 Å². The van der Waals surface area contributed by atoms with Crippen molar-refractivity contribution in [3.8, 4) is 5.88 Å². The Labute approximate surface area is 117 Å². The molecule has 0 atom stereocenters. The zero-order valence-electron chi connectivity index (χ0n) is 12.5. The van der Waals surface area contributed by atoms with Crippen molar-refractivity contribution in [3.05, 3.63) is 11.9 Å². The van der Waals surface area contributed by atoms with E-state index in [0.29, 0.717) is 0 Å². The Kier molecular flexibility index (Phi) is 7.94. The van der Waals surface area contributed by atoms with E-state index >= 15 is 0 Å². The van der Waals surface area contributed by atoms with Gasteiger partial charge in [-0.2, -0.15) is 0 Å². The largest absolute Gasteiger partial charge is 0.477 e. The Hall–Kier alpha value is -1.32. The molecular weight excluding hydrogens is 238 g/mol. The molecule has 4 heteroatoms. The van der Waals surface area contributed by atoms with Crippen molar-refractivity contribution in [1.29, 1.82) is 0 Å². The summed E-state index contributed by atoms with van der Waals surface area (Å²) in [4.78, 5) is 8.44. The molecule has 0 amide bonds. The van der Waals surface area contributed by atoms with Gasteiger partial charge in [0, 0.05) is 7.05 Å². The van der Waals surface area contributed by atoms with E-state index in [1.54, 1.807) is 6.33 Å². The molecule has 1 heterocycles. The molecule has 19 heavy (non-hydrogen) atoms. The van der Waals surface area contributed by atoms with E-state index in [1.807, 2.05) is 7.05 Å². The number of nitrogens with zero attached hydrogens (tertiary/aromatic N) is 2. The molecule has 0 radical (unpaired) electrons. The monoisotopic (exact) mass is 265 g/mol. The molecular formula is C15H27N3O. The number of ether oxygens (including phenoxy) is 1. The maximum absolute atomic E-state index is 5.79. The van der Waals surface area contributed by atoms with Crippen LogP contribution in [0.15, 0.2) is 6.33 Å². The van der Waals surface area contributed by atoms with Crippen LogP contribution in [0.1, 0.15) is 57.9 Å². The lowest BCUT2D eigenvalue weighted by Gasteiger charge is -2.11. The van der Waals surface area contributed by atoms with Crippen LogP contribution in [0.3, 0.4) is 0 Å². The van der Waals surface area contributed by atoms with Crippen molar-refractivity contribution in [1.82, 2.24) is 9.97 Å². The third-order valence-electron chi connectivity index (χ3n) is 3.23. The van der Waals surface area contributed by atoms with Crippen molar-refractivity contribution in [2.24, 2.45) is 0 Å². The van der Waals surface area contributed by atoms with Gasteiger partial charge in [-0.15, -0.1) is 0 Å². The van der Waals surface area contributed by atoms with Gasteiger partial charge in [0.2, 0.25) is 5.88 Å². The topological polar surface area (TPSA) is 47.0 Å². The van der Waals surface area contributed by atoms with Crippen LogP contribution in [-0.2, 0) is 6.42 Å². The van der Waals surface area contributed by atoms with Gasteiger partial charge in [0.1, 0.15) is 12.1 Å². The van der Waals surface area contributed by atoms with E-state index in [9.17, 15) is 0 Å². The van der Waals surface area contributed by atoms with Gasteiger partial charge in [0.05, 0.1) is 12.2 Å². The second kappa shape index (κ2) is 9.59. The first-order chi connectivity index (χ1) is 9.33. The van der Waals surface area contributed by atoms with E-state index in [-0.39, 0.29) is 0 Å². The first-order valence-corrected chi connectivity index (χ1v) is 7.47. The van der Waals surface area contributed by atoms with Crippen LogP contribution in [0.2, 0.25) is 0 Å². The maximum Gasteiger partial charge on any atom is 0.221 e. The Morgan fingerprint density at radius 2 is 1.79 bits per heavy atom. The highest BCUT2D eigenvalue weighted by molar-refractivity contribution is 5.48. The van der Waals surface area contributed by atoms with Crippen LogP contribution >= 0.6 is 0 Å². The minimum Gasteiger partial charge on any atom is -0.477 e. The van der Waals surface area contributed by atoms with Crippen molar-refractivity contribution in [2.45, 2.75) is 58.8 Å². The smallest absolute Gasteiger partial charge is 0.221 e. The first kappa shape index (κ1) is 15.7. The van der Waals surface area contributed by atoms with Gasteiger partial charge in [-0.3, -0.25) is 0 Å². The number of hydrogen-bond donors (Lipinski definition) is 1. The Morgan fingerprint density at radius 3 is 2.47 bits per heavy atom. The summed E-state index contributed by atoms with van der Waals surface area (Å²) < 4.78 is 5.79. The number of nitrogens with one attached hydrogen (secondary N) is 1. The lowest BCUT2D eigenvalue weighted by atomic mass is 10.1. The van der Waals surface area contributed by atoms with Crippen LogP contribution in [0.5, 0.6) is 5.88 Å². The van der Waals surface area contributed by atoms with Crippen molar-refractivity contribution < 1.29 is 4.74 Å². The molecule has 0 aliphatic rings. The third-order valence-corrected chi connectivity index (χ3v) is 3.23. The Balaban J connectivity index is 2.33. The van der Waals surface area contributed by atoms with Gasteiger partial charge < -0.3 is 10.1 Å². The second-order valence-corrected chi connectivity index (χ2v) is 4.73. The molecule has 0 saturated heterocycles. The summed E-state index contributed by atoms with van der Waals surface area (Å²) in [5, 5.41) is 3.08. The molecule has 1 aromatic rings. The summed E-state index contributed by atoms with van der Waals surface area (Å²) >= 11 is 0. The molecule has 0 bridgehead atoms. The molecule has 0 aromatic carbocycles. The van der Waals surface area contributed by atoms with E-state index in [1.165, 1.54) is 32.1 Å². The lowest BCUT2D eigenvalue weighted by Crippen LogP contribution is -2.06. The van der Waals surface area contributed by atoms with Crippen molar-refractivity contribution >= 4 is 5.82 Å². The number of hydrogen-bond acceptors (Lipinski definition) is 4. The van der Waals surface area contributed by atoms with E-state index in [2.05, 4.69) is 29.1 Å². The maximum atomic E-state index is 5.79. The van der Waals surface area contributed by atoms with Crippen LogP contribution in [0.4, 0.5) is 5.82 Å². The summed E-state index contributed by atoms with van der Waals surface area (Å²) in [6, 6.07) is 0. The fourth-order valence-corrected chi connectivity index (χ4v) is 2.11. The minimum absolute atomic E-state index is 0.732. The molecule has 0 spiro atoms. The zero-order valence-corrected chi connectivity index (χ0v) is 12.5. The van der Waals surface area contributed by atoms with Gasteiger partial charge >= 0.3 is 0 Å². The fraction of sp³-hybridized carbons (Fsp3) is 0.733. The fourth-order valence-electron chi connectivity index (χ4n) is 2.11. The van der Waals surface area contributed by atoms with Gasteiger partial charge in [0.25, 0.3) is 0 Å². The summed E-state index contributed by atoms with van der Waals surface area (Å²) in [7, 11) is 1.87. The molecule has 1 aromatic heterocycles. The van der Waals surface area contributed by atoms with E-state index < -0.39 is 0 Å².